The minimum atomic E-state index is 0.456. The molecule has 1 aromatic heterocycles. The summed E-state index contributed by atoms with van der Waals surface area (Å²) in [5, 5.41) is 0. The van der Waals surface area contributed by atoms with E-state index in [0.717, 1.165) is 25.3 Å². The fraction of sp³-hybridized carbons (Fsp3) is 0.667. The van der Waals surface area contributed by atoms with E-state index in [0.29, 0.717) is 24.1 Å². The Hall–Kier alpha value is -1.49. The molecule has 0 spiro atoms. The van der Waals surface area contributed by atoms with Gasteiger partial charge in [0, 0.05) is 13.6 Å². The molecule has 0 aliphatic heterocycles. The molecule has 0 aromatic carbocycles. The average Bonchev–Trinajstić information content (AvgIpc) is 2.37. The van der Waals surface area contributed by atoms with Crippen LogP contribution in [-0.2, 0) is 0 Å². The van der Waals surface area contributed by atoms with Gasteiger partial charge in [-0.05, 0) is 45.1 Å². The van der Waals surface area contributed by atoms with Gasteiger partial charge in [-0.15, -0.1) is 0 Å². The lowest BCUT2D eigenvalue weighted by atomic mass is 10.2. The zero-order valence-electron chi connectivity index (χ0n) is 13.4. The number of hydrogen-bond acceptors (Lipinski definition) is 5. The number of hydrogen-bond donors (Lipinski definition) is 1. The van der Waals surface area contributed by atoms with Gasteiger partial charge in [-0.1, -0.05) is 13.8 Å². The van der Waals surface area contributed by atoms with Gasteiger partial charge < -0.3 is 20.3 Å². The lowest BCUT2D eigenvalue weighted by Crippen LogP contribution is -2.24. The number of anilines is 2. The molecule has 0 amide bonds. The molecular weight excluding hydrogens is 252 g/mol. The number of nitrogens with zero attached hydrogens (tertiary/aromatic N) is 3. The summed E-state index contributed by atoms with van der Waals surface area (Å²) < 4.78 is 5.66. The van der Waals surface area contributed by atoms with Gasteiger partial charge in [0.1, 0.15) is 5.82 Å². The van der Waals surface area contributed by atoms with Crippen LogP contribution in [0.2, 0.25) is 0 Å². The van der Waals surface area contributed by atoms with Gasteiger partial charge in [0.15, 0.2) is 0 Å². The van der Waals surface area contributed by atoms with Gasteiger partial charge >= 0.3 is 0 Å². The Morgan fingerprint density at radius 1 is 1.20 bits per heavy atom. The minimum Gasteiger partial charge on any atom is -0.476 e. The maximum atomic E-state index is 5.90. The van der Waals surface area contributed by atoms with Crippen LogP contribution >= 0.6 is 0 Å². The van der Waals surface area contributed by atoms with Crippen molar-refractivity contribution < 1.29 is 4.74 Å². The highest BCUT2D eigenvalue weighted by molar-refractivity contribution is 5.54. The van der Waals surface area contributed by atoms with Crippen LogP contribution in [-0.4, -0.2) is 50.7 Å². The Labute approximate surface area is 122 Å². The third-order valence-corrected chi connectivity index (χ3v) is 2.92. The zero-order valence-corrected chi connectivity index (χ0v) is 13.4. The molecule has 0 fully saturated rings. The van der Waals surface area contributed by atoms with Crippen LogP contribution in [0.5, 0.6) is 5.88 Å². The molecule has 1 rings (SSSR count). The van der Waals surface area contributed by atoms with Crippen LogP contribution in [0.3, 0.4) is 0 Å². The number of nitrogen functional groups attached to an aromatic ring is 1. The van der Waals surface area contributed by atoms with Crippen LogP contribution < -0.4 is 15.4 Å². The molecule has 5 heteroatoms. The summed E-state index contributed by atoms with van der Waals surface area (Å²) in [6, 6.07) is 3.80. The molecule has 20 heavy (non-hydrogen) atoms. The molecule has 0 unspecified atom stereocenters. The van der Waals surface area contributed by atoms with Gasteiger partial charge in [-0.2, -0.15) is 4.98 Å². The monoisotopic (exact) mass is 280 g/mol. The third kappa shape index (κ3) is 5.65. The predicted octanol–water partition coefficient (Wildman–Crippen LogP) is 2.09. The Morgan fingerprint density at radius 3 is 2.50 bits per heavy atom. The second-order valence-corrected chi connectivity index (χ2v) is 5.85. The lowest BCUT2D eigenvalue weighted by Gasteiger charge is -2.20. The van der Waals surface area contributed by atoms with Gasteiger partial charge in [0.05, 0.1) is 12.3 Å². The minimum absolute atomic E-state index is 0.456. The number of aromatic nitrogens is 1. The molecule has 0 saturated heterocycles. The molecular formula is C15H28N4O. The van der Waals surface area contributed by atoms with Gasteiger partial charge in [-0.25, -0.2) is 0 Å². The van der Waals surface area contributed by atoms with Crippen LogP contribution in [0.4, 0.5) is 11.5 Å². The number of pyridine rings is 1. The zero-order chi connectivity index (χ0) is 15.1. The molecule has 5 nitrogen and oxygen atoms in total. The molecule has 0 saturated carbocycles. The highest BCUT2D eigenvalue weighted by Crippen LogP contribution is 2.23. The van der Waals surface area contributed by atoms with E-state index in [9.17, 15) is 0 Å². The van der Waals surface area contributed by atoms with Crippen molar-refractivity contribution in [1.82, 2.24) is 9.88 Å². The molecule has 0 atom stereocenters. The fourth-order valence-corrected chi connectivity index (χ4v) is 1.75. The molecule has 2 N–H and O–H groups in total. The van der Waals surface area contributed by atoms with E-state index < -0.39 is 0 Å². The molecule has 1 aromatic rings. The molecule has 1 heterocycles. The standard InChI is InChI=1S/C15H28N4O/c1-12(2)11-20-15-13(16)7-8-14(17-15)19(5)10-6-9-18(3)4/h7-8,12H,6,9-11,16H2,1-5H3. The van der Waals surface area contributed by atoms with Gasteiger partial charge in [-0.3, -0.25) is 0 Å². The van der Waals surface area contributed by atoms with Crippen molar-refractivity contribution in [3.8, 4) is 5.88 Å². The first kappa shape index (κ1) is 16.6. The van der Waals surface area contributed by atoms with Crippen LogP contribution in [0.25, 0.3) is 0 Å². The van der Waals surface area contributed by atoms with E-state index in [1.807, 2.05) is 19.2 Å². The summed E-state index contributed by atoms with van der Waals surface area (Å²) in [5.74, 6) is 1.89. The van der Waals surface area contributed by atoms with E-state index in [-0.39, 0.29) is 0 Å². The van der Waals surface area contributed by atoms with Crippen molar-refractivity contribution in [2.45, 2.75) is 20.3 Å². The van der Waals surface area contributed by atoms with Gasteiger partial charge in [0.25, 0.3) is 0 Å². The van der Waals surface area contributed by atoms with Crippen molar-refractivity contribution in [2.75, 3.05) is 51.5 Å². The molecule has 114 valence electrons. The van der Waals surface area contributed by atoms with E-state index >= 15 is 0 Å². The smallest absolute Gasteiger partial charge is 0.239 e. The van der Waals surface area contributed by atoms with E-state index in [1.54, 1.807) is 0 Å². The van der Waals surface area contributed by atoms with Crippen molar-refractivity contribution in [2.24, 2.45) is 5.92 Å². The maximum absolute atomic E-state index is 5.90. The number of rotatable bonds is 8. The van der Waals surface area contributed by atoms with Crippen LogP contribution in [0.1, 0.15) is 20.3 Å². The Balaban J connectivity index is 2.63. The maximum Gasteiger partial charge on any atom is 0.239 e. The van der Waals surface area contributed by atoms with E-state index in [2.05, 4.69) is 42.7 Å². The average molecular weight is 280 g/mol. The van der Waals surface area contributed by atoms with E-state index in [1.165, 1.54) is 0 Å². The summed E-state index contributed by atoms with van der Waals surface area (Å²) >= 11 is 0. The summed E-state index contributed by atoms with van der Waals surface area (Å²) in [4.78, 5) is 8.82. The lowest BCUT2D eigenvalue weighted by molar-refractivity contribution is 0.263. The van der Waals surface area contributed by atoms with Crippen molar-refractivity contribution in [1.29, 1.82) is 0 Å². The predicted molar refractivity (Wildman–Crippen MR) is 85.4 cm³/mol. The van der Waals surface area contributed by atoms with E-state index in [4.69, 9.17) is 10.5 Å². The summed E-state index contributed by atoms with van der Waals surface area (Å²) in [6.45, 7) is 6.86. The van der Waals surface area contributed by atoms with Crippen molar-refractivity contribution in [3.05, 3.63) is 12.1 Å². The van der Waals surface area contributed by atoms with Gasteiger partial charge in [0.2, 0.25) is 5.88 Å². The summed E-state index contributed by atoms with van der Waals surface area (Å²) in [6.07, 6.45) is 1.09. The SMILES string of the molecule is CC(C)COc1nc(N(C)CCCN(C)C)ccc1N. The quantitative estimate of drug-likeness (QED) is 0.790. The first-order valence-electron chi connectivity index (χ1n) is 7.15. The number of ether oxygens (including phenoxy) is 1. The van der Waals surface area contributed by atoms with Crippen LogP contribution in [0.15, 0.2) is 12.1 Å². The first-order chi connectivity index (χ1) is 9.40. The summed E-state index contributed by atoms with van der Waals surface area (Å²) in [7, 11) is 6.21. The highest BCUT2D eigenvalue weighted by Gasteiger charge is 2.09. The van der Waals surface area contributed by atoms with Crippen LogP contribution in [0, 0.1) is 5.92 Å². The summed E-state index contributed by atoms with van der Waals surface area (Å²) in [5.41, 5.74) is 6.50. The van der Waals surface area contributed by atoms with Crippen molar-refractivity contribution in [3.63, 3.8) is 0 Å². The Bertz CT molecular complexity index is 407. The highest BCUT2D eigenvalue weighted by atomic mass is 16.5. The Morgan fingerprint density at radius 2 is 1.90 bits per heavy atom. The number of nitrogens with two attached hydrogens (primary N) is 1. The molecule has 0 radical (unpaired) electrons. The fourth-order valence-electron chi connectivity index (χ4n) is 1.75. The Kier molecular flexibility index (Phi) is 6.58. The van der Waals surface area contributed by atoms with Crippen molar-refractivity contribution >= 4 is 11.5 Å². The topological polar surface area (TPSA) is 54.6 Å². The molecule has 0 aliphatic carbocycles. The second kappa shape index (κ2) is 7.94. The largest absolute Gasteiger partial charge is 0.476 e. The first-order valence-corrected chi connectivity index (χ1v) is 7.15. The third-order valence-electron chi connectivity index (χ3n) is 2.92. The molecule has 0 aliphatic rings. The normalized spacial score (nSPS) is 11.2. The molecule has 0 bridgehead atoms. The second-order valence-electron chi connectivity index (χ2n) is 5.85.